The number of carbonyl (C=O) groups is 1. The van der Waals surface area contributed by atoms with Crippen LogP contribution < -0.4 is 9.47 Å². The zero-order valence-corrected chi connectivity index (χ0v) is 13.4. The van der Waals surface area contributed by atoms with Crippen molar-refractivity contribution in [2.45, 2.75) is 6.54 Å². The van der Waals surface area contributed by atoms with Crippen LogP contribution >= 0.6 is 0 Å². The molecule has 2 aromatic rings. The molecule has 0 N–H and O–H groups in total. The number of methoxy groups -OCH3 is 2. The van der Waals surface area contributed by atoms with Crippen molar-refractivity contribution in [3.05, 3.63) is 47.5 Å². The highest BCUT2D eigenvalue weighted by Gasteiger charge is 2.13. The predicted octanol–water partition coefficient (Wildman–Crippen LogP) is 3.24. The average Bonchev–Trinajstić information content (AvgIpc) is 2.52. The highest BCUT2D eigenvalue weighted by Crippen LogP contribution is 2.35. The second kappa shape index (κ2) is 7.09. The third-order valence-corrected chi connectivity index (χ3v) is 3.39. The lowest BCUT2D eigenvalue weighted by Gasteiger charge is -2.14. The Hall–Kier alpha value is -2.33. The van der Waals surface area contributed by atoms with E-state index in [1.807, 2.05) is 38.4 Å². The van der Waals surface area contributed by atoms with Crippen LogP contribution in [0.15, 0.2) is 36.4 Å². The lowest BCUT2D eigenvalue weighted by molar-refractivity contribution is 0.112. The van der Waals surface area contributed by atoms with Crippen LogP contribution in [0.5, 0.6) is 11.5 Å². The van der Waals surface area contributed by atoms with Crippen LogP contribution in [-0.2, 0) is 6.54 Å². The minimum absolute atomic E-state index is 0.464. The third kappa shape index (κ3) is 3.46. The van der Waals surface area contributed by atoms with E-state index in [4.69, 9.17) is 9.47 Å². The quantitative estimate of drug-likeness (QED) is 0.768. The summed E-state index contributed by atoms with van der Waals surface area (Å²) >= 11 is 0. The van der Waals surface area contributed by atoms with Gasteiger partial charge in [0.05, 0.1) is 19.8 Å². The molecule has 0 bridgehead atoms. The Bertz CT molecular complexity index is 665. The molecule has 116 valence electrons. The van der Waals surface area contributed by atoms with Gasteiger partial charge in [-0.25, -0.2) is 0 Å². The van der Waals surface area contributed by atoms with Crippen LogP contribution in [-0.4, -0.2) is 39.5 Å². The minimum atomic E-state index is 0.464. The first kappa shape index (κ1) is 16.0. The van der Waals surface area contributed by atoms with Crippen molar-refractivity contribution >= 4 is 6.29 Å². The molecule has 2 aromatic carbocycles. The largest absolute Gasteiger partial charge is 0.493 e. The Kier molecular flexibility index (Phi) is 5.17. The second-order valence-electron chi connectivity index (χ2n) is 5.36. The number of ether oxygens (including phenoxy) is 2. The van der Waals surface area contributed by atoms with Crippen molar-refractivity contribution in [3.8, 4) is 22.6 Å². The van der Waals surface area contributed by atoms with Gasteiger partial charge in [0.2, 0.25) is 0 Å². The molecule has 0 heterocycles. The van der Waals surface area contributed by atoms with Gasteiger partial charge >= 0.3 is 0 Å². The number of hydrogen-bond acceptors (Lipinski definition) is 4. The molecule has 4 heteroatoms. The van der Waals surface area contributed by atoms with Gasteiger partial charge in [-0.15, -0.1) is 0 Å². The SMILES string of the molecule is COc1cc(-c2cccc(CN(C)C)c2)cc(C=O)c1OC. The van der Waals surface area contributed by atoms with Gasteiger partial charge in [-0.2, -0.15) is 0 Å². The molecule has 0 atom stereocenters. The van der Waals surface area contributed by atoms with Crippen LogP contribution in [0.2, 0.25) is 0 Å². The van der Waals surface area contributed by atoms with Gasteiger partial charge in [-0.1, -0.05) is 18.2 Å². The molecule has 2 rings (SSSR count). The molecule has 0 spiro atoms. The van der Waals surface area contributed by atoms with Crippen LogP contribution in [0, 0.1) is 0 Å². The van der Waals surface area contributed by atoms with Crippen molar-refractivity contribution in [3.63, 3.8) is 0 Å². The van der Waals surface area contributed by atoms with Gasteiger partial charge in [-0.3, -0.25) is 4.79 Å². The van der Waals surface area contributed by atoms with E-state index < -0.39 is 0 Å². The number of carbonyl (C=O) groups excluding carboxylic acids is 1. The highest BCUT2D eigenvalue weighted by atomic mass is 16.5. The van der Waals surface area contributed by atoms with E-state index in [1.165, 1.54) is 12.7 Å². The zero-order valence-electron chi connectivity index (χ0n) is 13.4. The fourth-order valence-corrected chi connectivity index (χ4v) is 2.46. The van der Waals surface area contributed by atoms with Crippen molar-refractivity contribution in [1.29, 1.82) is 0 Å². The molecule has 0 unspecified atom stereocenters. The second-order valence-corrected chi connectivity index (χ2v) is 5.36. The Balaban J connectivity index is 2.50. The number of aldehydes is 1. The maximum absolute atomic E-state index is 11.3. The number of benzene rings is 2. The lowest BCUT2D eigenvalue weighted by atomic mass is 10.00. The molecule has 0 aliphatic carbocycles. The van der Waals surface area contributed by atoms with Gasteiger partial charge < -0.3 is 14.4 Å². The Morgan fingerprint density at radius 2 is 1.82 bits per heavy atom. The monoisotopic (exact) mass is 299 g/mol. The molecular weight excluding hydrogens is 278 g/mol. The van der Waals surface area contributed by atoms with E-state index in [1.54, 1.807) is 7.11 Å². The Labute approximate surface area is 131 Å². The first-order chi connectivity index (χ1) is 10.6. The molecule has 0 aliphatic rings. The first-order valence-corrected chi connectivity index (χ1v) is 7.04. The number of nitrogens with zero attached hydrogens (tertiary/aromatic N) is 1. The summed E-state index contributed by atoms with van der Waals surface area (Å²) < 4.78 is 10.6. The molecule has 0 amide bonds. The average molecular weight is 299 g/mol. The molecule has 22 heavy (non-hydrogen) atoms. The van der Waals surface area contributed by atoms with E-state index in [-0.39, 0.29) is 0 Å². The van der Waals surface area contributed by atoms with Crippen molar-refractivity contribution < 1.29 is 14.3 Å². The molecule has 0 saturated heterocycles. The zero-order chi connectivity index (χ0) is 16.1. The van der Waals surface area contributed by atoms with Gasteiger partial charge in [0.15, 0.2) is 17.8 Å². The summed E-state index contributed by atoms with van der Waals surface area (Å²) in [4.78, 5) is 13.4. The van der Waals surface area contributed by atoms with Crippen molar-refractivity contribution in [2.24, 2.45) is 0 Å². The predicted molar refractivity (Wildman–Crippen MR) is 87.8 cm³/mol. The maximum Gasteiger partial charge on any atom is 0.171 e. The third-order valence-electron chi connectivity index (χ3n) is 3.39. The molecular formula is C18H21NO3. The summed E-state index contributed by atoms with van der Waals surface area (Å²) in [6.07, 6.45) is 0.786. The van der Waals surface area contributed by atoms with E-state index in [0.717, 1.165) is 24.0 Å². The lowest BCUT2D eigenvalue weighted by Crippen LogP contribution is -2.10. The van der Waals surface area contributed by atoms with Gasteiger partial charge in [0.25, 0.3) is 0 Å². The molecule has 0 aromatic heterocycles. The molecule has 0 fully saturated rings. The van der Waals surface area contributed by atoms with Gasteiger partial charge in [0.1, 0.15) is 0 Å². The fourth-order valence-electron chi connectivity index (χ4n) is 2.46. The van der Waals surface area contributed by atoms with E-state index >= 15 is 0 Å². The molecule has 0 radical (unpaired) electrons. The minimum Gasteiger partial charge on any atom is -0.493 e. The normalized spacial score (nSPS) is 10.6. The summed E-state index contributed by atoms with van der Waals surface area (Å²) in [5, 5.41) is 0. The molecule has 4 nitrogen and oxygen atoms in total. The van der Waals surface area contributed by atoms with Gasteiger partial charge in [0, 0.05) is 6.54 Å². The van der Waals surface area contributed by atoms with Crippen LogP contribution in [0.4, 0.5) is 0 Å². The Morgan fingerprint density at radius 3 is 2.41 bits per heavy atom. The standard InChI is InChI=1S/C18H21NO3/c1-19(2)11-13-6-5-7-14(8-13)15-9-16(12-20)18(22-4)17(10-15)21-3/h5-10,12H,11H2,1-4H3. The number of rotatable bonds is 6. The van der Waals surface area contributed by atoms with E-state index in [0.29, 0.717) is 17.1 Å². The highest BCUT2D eigenvalue weighted by molar-refractivity contribution is 5.85. The maximum atomic E-state index is 11.3. The van der Waals surface area contributed by atoms with Crippen LogP contribution in [0.1, 0.15) is 15.9 Å². The fraction of sp³-hybridized carbons (Fsp3) is 0.278. The molecule has 0 aliphatic heterocycles. The smallest absolute Gasteiger partial charge is 0.171 e. The summed E-state index contributed by atoms with van der Waals surface area (Å²) in [6, 6.07) is 12.0. The van der Waals surface area contributed by atoms with Crippen LogP contribution in [0.25, 0.3) is 11.1 Å². The Morgan fingerprint density at radius 1 is 1.05 bits per heavy atom. The summed E-state index contributed by atoms with van der Waals surface area (Å²) in [5.74, 6) is 1.02. The number of hydrogen-bond donors (Lipinski definition) is 0. The summed E-state index contributed by atoms with van der Waals surface area (Å²) in [7, 11) is 7.17. The van der Waals surface area contributed by atoms with Gasteiger partial charge in [-0.05, 0) is 49.0 Å². The summed E-state index contributed by atoms with van der Waals surface area (Å²) in [5.41, 5.74) is 3.67. The summed E-state index contributed by atoms with van der Waals surface area (Å²) in [6.45, 7) is 0.863. The van der Waals surface area contributed by atoms with Crippen molar-refractivity contribution in [2.75, 3.05) is 28.3 Å². The molecule has 0 saturated carbocycles. The first-order valence-electron chi connectivity index (χ1n) is 7.04. The van der Waals surface area contributed by atoms with E-state index in [2.05, 4.69) is 17.0 Å². The van der Waals surface area contributed by atoms with E-state index in [9.17, 15) is 4.79 Å². The van der Waals surface area contributed by atoms with Crippen LogP contribution in [0.3, 0.4) is 0 Å². The van der Waals surface area contributed by atoms with Crippen molar-refractivity contribution in [1.82, 2.24) is 4.90 Å². The topological polar surface area (TPSA) is 38.8 Å².